The number of amides is 2. The third kappa shape index (κ3) is 6.92. The summed E-state index contributed by atoms with van der Waals surface area (Å²) in [7, 11) is -3.71. The summed E-state index contributed by atoms with van der Waals surface area (Å²) in [5.41, 5.74) is 8.03. The largest absolute Gasteiger partial charge is 0.508 e. The van der Waals surface area contributed by atoms with Gasteiger partial charge in [0, 0.05) is 49.9 Å². The van der Waals surface area contributed by atoms with Crippen LogP contribution in [0.4, 0.5) is 10.5 Å². The lowest BCUT2D eigenvalue weighted by atomic mass is 9.96. The Hall–Kier alpha value is -3.93. The van der Waals surface area contributed by atoms with Crippen LogP contribution in [-0.2, 0) is 21.4 Å². The van der Waals surface area contributed by atoms with Gasteiger partial charge in [-0.05, 0) is 54.7 Å². The number of phenolic OH excluding ortho intramolecular Hbond substituents is 1. The standard InChI is InChI=1S/C31H37N5O5S/c32-30(33)26-8-4-9-27(16-26)36-20-25(22-41-21-24-6-2-1-3-7-24)19-34(31(36)38)18-23-12-14-35(15-13-23)42(39,40)29-11-5-10-28(37)17-29/h1-11,16-17,23,25,37H,12-15,18-22H2,(H3,32,33). The molecule has 0 bridgehead atoms. The molecule has 1 atom stereocenters. The fourth-order valence-corrected chi connectivity index (χ4v) is 7.13. The van der Waals surface area contributed by atoms with Gasteiger partial charge >= 0.3 is 6.03 Å². The zero-order valence-electron chi connectivity index (χ0n) is 23.4. The summed E-state index contributed by atoms with van der Waals surface area (Å²) in [4.78, 5) is 17.4. The lowest BCUT2D eigenvalue weighted by Crippen LogP contribution is -2.56. The molecule has 0 aromatic heterocycles. The van der Waals surface area contributed by atoms with Crippen molar-refractivity contribution in [2.24, 2.45) is 17.6 Å². The number of phenols is 1. The number of anilines is 1. The molecule has 2 heterocycles. The van der Waals surface area contributed by atoms with Gasteiger partial charge in [0.1, 0.15) is 11.6 Å². The number of hydrogen-bond donors (Lipinski definition) is 3. The molecule has 3 aromatic carbocycles. The fourth-order valence-electron chi connectivity index (χ4n) is 5.62. The minimum Gasteiger partial charge on any atom is -0.508 e. The highest BCUT2D eigenvalue weighted by Crippen LogP contribution is 2.29. The Bertz CT molecular complexity index is 1510. The second kappa shape index (κ2) is 12.9. The van der Waals surface area contributed by atoms with Crippen LogP contribution < -0.4 is 10.6 Å². The zero-order chi connectivity index (χ0) is 29.7. The number of carbonyl (C=O) groups is 1. The van der Waals surface area contributed by atoms with Gasteiger partial charge in [0.2, 0.25) is 10.0 Å². The molecule has 3 aromatic rings. The molecule has 5 rings (SSSR count). The quantitative estimate of drug-likeness (QED) is 0.242. The molecule has 11 heteroatoms. The highest BCUT2D eigenvalue weighted by molar-refractivity contribution is 7.89. The van der Waals surface area contributed by atoms with Gasteiger partial charge in [0.25, 0.3) is 0 Å². The Kier molecular flexibility index (Phi) is 9.10. The molecule has 0 radical (unpaired) electrons. The van der Waals surface area contributed by atoms with Crippen LogP contribution in [0.15, 0.2) is 83.8 Å². The number of urea groups is 1. The van der Waals surface area contributed by atoms with Crippen LogP contribution >= 0.6 is 0 Å². The molecule has 2 aliphatic heterocycles. The highest BCUT2D eigenvalue weighted by Gasteiger charge is 2.36. The molecule has 4 N–H and O–H groups in total. The van der Waals surface area contributed by atoms with Crippen LogP contribution in [-0.4, -0.2) is 73.9 Å². The molecular weight excluding hydrogens is 554 g/mol. The van der Waals surface area contributed by atoms with Crippen molar-refractivity contribution in [3.63, 3.8) is 0 Å². The van der Waals surface area contributed by atoms with E-state index in [1.165, 1.54) is 28.6 Å². The van der Waals surface area contributed by atoms with Crippen LogP contribution in [0.1, 0.15) is 24.0 Å². The van der Waals surface area contributed by atoms with Crippen molar-refractivity contribution in [1.29, 1.82) is 5.41 Å². The van der Waals surface area contributed by atoms with Gasteiger partial charge in [-0.1, -0.05) is 48.5 Å². The molecular formula is C31H37N5O5S. The van der Waals surface area contributed by atoms with E-state index in [2.05, 4.69) is 0 Å². The van der Waals surface area contributed by atoms with E-state index in [-0.39, 0.29) is 34.3 Å². The normalized spacial score (nSPS) is 18.8. The second-order valence-electron chi connectivity index (χ2n) is 11.0. The van der Waals surface area contributed by atoms with Gasteiger partial charge < -0.3 is 20.5 Å². The van der Waals surface area contributed by atoms with Crippen molar-refractivity contribution in [2.45, 2.75) is 24.3 Å². The number of piperidine rings is 1. The third-order valence-electron chi connectivity index (χ3n) is 7.86. The van der Waals surface area contributed by atoms with Gasteiger partial charge in [-0.25, -0.2) is 13.2 Å². The first kappa shape index (κ1) is 29.6. The average Bonchev–Trinajstić information content (AvgIpc) is 2.99. The SMILES string of the molecule is N=C(N)c1cccc(N2CC(COCc3ccccc3)CN(CC3CCN(S(=O)(=O)c4cccc(O)c4)CC3)C2=O)c1. The number of nitrogens with one attached hydrogen (secondary N) is 1. The number of nitrogen functional groups attached to an aromatic ring is 1. The number of rotatable bonds is 10. The molecule has 2 amide bonds. The molecule has 2 fully saturated rings. The average molecular weight is 592 g/mol. The number of ether oxygens (including phenoxy) is 1. The lowest BCUT2D eigenvalue weighted by molar-refractivity contribution is 0.0661. The van der Waals surface area contributed by atoms with Gasteiger partial charge in [-0.3, -0.25) is 10.3 Å². The van der Waals surface area contributed by atoms with Crippen molar-refractivity contribution < 1.29 is 23.1 Å². The maximum atomic E-state index is 13.8. The monoisotopic (exact) mass is 591 g/mol. The van der Waals surface area contributed by atoms with Crippen molar-refractivity contribution in [2.75, 3.05) is 44.2 Å². The number of sulfonamides is 1. The van der Waals surface area contributed by atoms with Crippen LogP contribution in [0, 0.1) is 17.2 Å². The van der Waals surface area contributed by atoms with E-state index in [0.717, 1.165) is 5.56 Å². The molecule has 2 saturated heterocycles. The Morgan fingerprint density at radius 3 is 2.40 bits per heavy atom. The van der Waals surface area contributed by atoms with E-state index in [1.807, 2.05) is 41.3 Å². The minimum atomic E-state index is -3.71. The first-order valence-corrected chi connectivity index (χ1v) is 15.6. The summed E-state index contributed by atoms with van der Waals surface area (Å²) in [6.45, 7) is 3.18. The van der Waals surface area contributed by atoms with Crippen molar-refractivity contribution in [1.82, 2.24) is 9.21 Å². The van der Waals surface area contributed by atoms with Crippen LogP contribution in [0.2, 0.25) is 0 Å². The van der Waals surface area contributed by atoms with E-state index >= 15 is 0 Å². The predicted octanol–water partition coefficient (Wildman–Crippen LogP) is 3.85. The molecule has 0 saturated carbocycles. The first-order chi connectivity index (χ1) is 20.2. The molecule has 0 aliphatic carbocycles. The van der Waals surface area contributed by atoms with E-state index in [0.29, 0.717) is 70.0 Å². The summed E-state index contributed by atoms with van der Waals surface area (Å²) in [6, 6.07) is 22.7. The van der Waals surface area contributed by atoms with Gasteiger partial charge in [-0.2, -0.15) is 4.31 Å². The van der Waals surface area contributed by atoms with Crippen molar-refractivity contribution >= 4 is 27.6 Å². The number of carbonyl (C=O) groups excluding carboxylic acids is 1. The number of hydrogen-bond acceptors (Lipinski definition) is 6. The molecule has 42 heavy (non-hydrogen) atoms. The minimum absolute atomic E-state index is 0.0543. The van der Waals surface area contributed by atoms with E-state index < -0.39 is 10.0 Å². The molecule has 1 unspecified atom stereocenters. The molecule has 10 nitrogen and oxygen atoms in total. The highest BCUT2D eigenvalue weighted by atomic mass is 32.2. The predicted molar refractivity (Wildman–Crippen MR) is 161 cm³/mol. The van der Waals surface area contributed by atoms with E-state index in [4.69, 9.17) is 15.9 Å². The van der Waals surface area contributed by atoms with Gasteiger partial charge in [-0.15, -0.1) is 0 Å². The summed E-state index contributed by atoms with van der Waals surface area (Å²) in [6.07, 6.45) is 1.24. The smallest absolute Gasteiger partial charge is 0.324 e. The van der Waals surface area contributed by atoms with Crippen molar-refractivity contribution in [3.8, 4) is 5.75 Å². The van der Waals surface area contributed by atoms with E-state index in [9.17, 15) is 18.3 Å². The number of amidine groups is 1. The maximum absolute atomic E-state index is 13.8. The Morgan fingerprint density at radius 1 is 0.952 bits per heavy atom. The van der Waals surface area contributed by atoms with Crippen LogP contribution in [0.25, 0.3) is 0 Å². The Balaban J connectivity index is 1.26. The molecule has 0 spiro atoms. The Labute approximate surface area is 246 Å². The molecule has 2 aliphatic rings. The third-order valence-corrected chi connectivity index (χ3v) is 9.76. The number of nitrogens with two attached hydrogens (primary N) is 1. The Morgan fingerprint density at radius 2 is 1.69 bits per heavy atom. The summed E-state index contributed by atoms with van der Waals surface area (Å²) >= 11 is 0. The second-order valence-corrected chi connectivity index (χ2v) is 12.9. The van der Waals surface area contributed by atoms with Gasteiger partial charge in [0.05, 0.1) is 18.1 Å². The maximum Gasteiger partial charge on any atom is 0.324 e. The number of benzene rings is 3. The number of aromatic hydroxyl groups is 1. The van der Waals surface area contributed by atoms with Crippen LogP contribution in [0.3, 0.4) is 0 Å². The van der Waals surface area contributed by atoms with Crippen molar-refractivity contribution in [3.05, 3.63) is 90.0 Å². The summed E-state index contributed by atoms with van der Waals surface area (Å²) in [5.74, 6) is 0.0428. The van der Waals surface area contributed by atoms with E-state index in [1.54, 1.807) is 23.1 Å². The summed E-state index contributed by atoms with van der Waals surface area (Å²) < 4.78 is 33.8. The summed E-state index contributed by atoms with van der Waals surface area (Å²) in [5, 5.41) is 17.6. The zero-order valence-corrected chi connectivity index (χ0v) is 24.2. The van der Waals surface area contributed by atoms with Gasteiger partial charge in [0.15, 0.2) is 0 Å². The fraction of sp³-hybridized carbons (Fsp3) is 0.355. The topological polar surface area (TPSA) is 140 Å². The van der Waals surface area contributed by atoms with Crippen LogP contribution in [0.5, 0.6) is 5.75 Å². The first-order valence-electron chi connectivity index (χ1n) is 14.1. The number of nitrogens with zero attached hydrogens (tertiary/aromatic N) is 3. The molecule has 222 valence electrons. The lowest BCUT2D eigenvalue weighted by Gasteiger charge is -2.42.